The molecule has 1 aliphatic rings. The molecule has 0 aromatic heterocycles. The third-order valence-electron chi connectivity index (χ3n) is 1.16. The highest BCUT2D eigenvalue weighted by molar-refractivity contribution is 7.99. The van der Waals surface area contributed by atoms with Gasteiger partial charge in [-0.25, -0.2) is 10.1 Å². The van der Waals surface area contributed by atoms with Crippen molar-refractivity contribution in [2.45, 2.75) is 0 Å². The molecule has 0 aliphatic carbocycles. The molecule has 1 N–H and O–H groups in total. The van der Waals surface area contributed by atoms with E-state index in [9.17, 15) is 10.1 Å². The van der Waals surface area contributed by atoms with Crippen LogP contribution in [0.1, 0.15) is 0 Å². The second kappa shape index (κ2) is 3.42. The maximum atomic E-state index is 9.96. The summed E-state index contributed by atoms with van der Waals surface area (Å²) in [5, 5.41) is 15.2. The first-order valence-electron chi connectivity index (χ1n) is 2.96. The molecule has 62 valence electrons. The van der Waals surface area contributed by atoms with Gasteiger partial charge in [-0.1, -0.05) is 0 Å². The van der Waals surface area contributed by atoms with E-state index in [0.29, 0.717) is 11.8 Å². The van der Waals surface area contributed by atoms with E-state index in [1.165, 1.54) is 0 Å². The van der Waals surface area contributed by atoms with E-state index >= 15 is 0 Å². The summed E-state index contributed by atoms with van der Waals surface area (Å²) in [4.78, 5) is 11.6. The average molecular weight is 176 g/mol. The molecule has 6 nitrogen and oxygen atoms in total. The number of nitro groups is 1. The lowest BCUT2D eigenvalue weighted by atomic mass is 10.8. The van der Waals surface area contributed by atoms with Gasteiger partial charge in [-0.05, 0) is 0 Å². The van der Waals surface area contributed by atoms with Crippen molar-refractivity contribution in [2.24, 2.45) is 5.10 Å². The van der Waals surface area contributed by atoms with Gasteiger partial charge < -0.3 is 10.2 Å². The molecule has 7 heteroatoms. The van der Waals surface area contributed by atoms with Gasteiger partial charge in [0.05, 0.1) is 11.8 Å². The molecule has 0 amide bonds. The number of nitrogens with zero attached hydrogens (tertiary/aromatic N) is 3. The lowest BCUT2D eigenvalue weighted by Crippen LogP contribution is -2.43. The largest absolute Gasteiger partial charge is 0.342 e. The highest BCUT2D eigenvalue weighted by Crippen LogP contribution is 2.05. The van der Waals surface area contributed by atoms with Crippen molar-refractivity contribution < 1.29 is 5.03 Å². The van der Waals surface area contributed by atoms with Crippen LogP contribution in [0, 0.1) is 10.1 Å². The van der Waals surface area contributed by atoms with Crippen LogP contribution >= 0.6 is 11.8 Å². The predicted molar refractivity (Wildman–Crippen MR) is 42.7 cm³/mol. The molecule has 0 atom stereocenters. The first kappa shape index (κ1) is 8.12. The third kappa shape index (κ3) is 2.26. The molecule has 0 spiro atoms. The van der Waals surface area contributed by atoms with Crippen LogP contribution in [-0.2, 0) is 0 Å². The number of thioether (sulfide) groups is 1. The van der Waals surface area contributed by atoms with Crippen molar-refractivity contribution in [1.82, 2.24) is 10.2 Å². The van der Waals surface area contributed by atoms with Crippen molar-refractivity contribution in [3.05, 3.63) is 10.1 Å². The van der Waals surface area contributed by atoms with E-state index in [1.54, 1.807) is 23.7 Å². The Kier molecular flexibility index (Phi) is 2.53. The van der Waals surface area contributed by atoms with E-state index in [-0.39, 0.29) is 0 Å². The zero-order valence-corrected chi connectivity index (χ0v) is 6.80. The second-order valence-electron chi connectivity index (χ2n) is 2.01. The summed E-state index contributed by atoms with van der Waals surface area (Å²) < 4.78 is 0. The first-order chi connectivity index (χ1) is 5.20. The van der Waals surface area contributed by atoms with Crippen LogP contribution in [0.3, 0.4) is 0 Å². The Balaban J connectivity index is 2.60. The molecule has 0 aromatic rings. The quantitative estimate of drug-likeness (QED) is 0.439. The first-order valence-corrected chi connectivity index (χ1v) is 4.11. The van der Waals surface area contributed by atoms with Crippen molar-refractivity contribution >= 4 is 17.7 Å². The summed E-state index contributed by atoms with van der Waals surface area (Å²) in [7, 11) is 1.75. The van der Waals surface area contributed by atoms with E-state index < -0.39 is 5.03 Å². The topological polar surface area (TPSA) is 70.8 Å². The molecule has 11 heavy (non-hydrogen) atoms. The lowest BCUT2D eigenvalue weighted by Gasteiger charge is -2.23. The monoisotopic (exact) mass is 176 g/mol. The fourth-order valence-corrected chi connectivity index (χ4v) is 1.40. The minimum absolute atomic E-state index is 0.328. The van der Waals surface area contributed by atoms with Gasteiger partial charge in [0.15, 0.2) is 5.03 Å². The van der Waals surface area contributed by atoms with Crippen LogP contribution in [0.5, 0.6) is 0 Å². The molecule has 1 aliphatic heterocycles. The molecule has 0 unspecified atom stereocenters. The van der Waals surface area contributed by atoms with Gasteiger partial charge in [0.2, 0.25) is 0 Å². The minimum Gasteiger partial charge on any atom is -0.342 e. The fourth-order valence-electron chi connectivity index (χ4n) is 0.683. The van der Waals surface area contributed by atoms with Crippen LogP contribution < -0.4 is 5.32 Å². The standard InChI is InChI=1S/C4H8N4O2S/c1-7-3-11-2-5-4(7)6-8(9)10/h2-3H2,1H3,(H,5,6). The molecule has 1 rings (SSSR count). The molecule has 0 radical (unpaired) electrons. The Morgan fingerprint density at radius 1 is 1.91 bits per heavy atom. The maximum absolute atomic E-state index is 9.96. The minimum atomic E-state index is -0.700. The van der Waals surface area contributed by atoms with Crippen molar-refractivity contribution in [2.75, 3.05) is 18.8 Å². The number of hydrogen-bond donors (Lipinski definition) is 1. The Morgan fingerprint density at radius 2 is 2.64 bits per heavy atom. The van der Waals surface area contributed by atoms with Crippen molar-refractivity contribution in [1.29, 1.82) is 0 Å². The number of rotatable bonds is 1. The molecular weight excluding hydrogens is 168 g/mol. The normalized spacial score (nSPS) is 21.5. The molecule has 1 heterocycles. The van der Waals surface area contributed by atoms with E-state index in [4.69, 9.17) is 0 Å². The predicted octanol–water partition coefficient (Wildman–Crippen LogP) is -0.283. The summed E-state index contributed by atoms with van der Waals surface area (Å²) in [6.45, 7) is 0. The van der Waals surface area contributed by atoms with Gasteiger partial charge >= 0.3 is 0 Å². The zero-order valence-electron chi connectivity index (χ0n) is 5.98. The van der Waals surface area contributed by atoms with Crippen LogP contribution in [0.2, 0.25) is 0 Å². The van der Waals surface area contributed by atoms with E-state index in [2.05, 4.69) is 10.4 Å². The molecule has 0 bridgehead atoms. The molecular formula is C4H8N4O2S. The summed E-state index contributed by atoms with van der Waals surface area (Å²) >= 11 is 1.65. The van der Waals surface area contributed by atoms with E-state index in [1.807, 2.05) is 0 Å². The number of guanidine groups is 1. The van der Waals surface area contributed by atoms with Gasteiger partial charge in [-0.3, -0.25) is 0 Å². The van der Waals surface area contributed by atoms with Gasteiger partial charge in [-0.2, -0.15) is 0 Å². The molecule has 1 saturated heterocycles. The molecule has 1 fully saturated rings. The number of hydrazone groups is 1. The highest BCUT2D eigenvalue weighted by Gasteiger charge is 2.14. The van der Waals surface area contributed by atoms with Crippen LogP contribution in [0.15, 0.2) is 5.10 Å². The zero-order chi connectivity index (χ0) is 8.27. The molecule has 0 aromatic carbocycles. The second-order valence-corrected chi connectivity index (χ2v) is 2.97. The summed E-state index contributed by atoms with van der Waals surface area (Å²) in [6.07, 6.45) is 0. The summed E-state index contributed by atoms with van der Waals surface area (Å²) in [5.74, 6) is 1.74. The highest BCUT2D eigenvalue weighted by atomic mass is 32.2. The van der Waals surface area contributed by atoms with Crippen LogP contribution in [0.25, 0.3) is 0 Å². The third-order valence-corrected chi connectivity index (χ3v) is 2.07. The SMILES string of the molecule is CN1CSCNC1=N[N+](=O)[O-]. The van der Waals surface area contributed by atoms with Gasteiger partial charge in [0.1, 0.15) is 5.10 Å². The van der Waals surface area contributed by atoms with Gasteiger partial charge in [0, 0.05) is 7.05 Å². The van der Waals surface area contributed by atoms with Crippen LogP contribution in [0.4, 0.5) is 0 Å². The summed E-state index contributed by atoms with van der Waals surface area (Å²) in [5.41, 5.74) is 0. The van der Waals surface area contributed by atoms with Crippen molar-refractivity contribution in [3.63, 3.8) is 0 Å². The Labute approximate surface area is 67.8 Å². The van der Waals surface area contributed by atoms with Gasteiger partial charge in [-0.15, -0.1) is 11.8 Å². The fraction of sp³-hybridized carbons (Fsp3) is 0.750. The summed E-state index contributed by atoms with van der Waals surface area (Å²) in [6, 6.07) is 0. The van der Waals surface area contributed by atoms with E-state index in [0.717, 1.165) is 5.88 Å². The molecule has 0 saturated carbocycles. The average Bonchev–Trinajstić information content (AvgIpc) is 1.93. The number of hydrogen-bond acceptors (Lipinski definition) is 3. The Morgan fingerprint density at radius 3 is 3.18 bits per heavy atom. The van der Waals surface area contributed by atoms with Gasteiger partial charge in [0.25, 0.3) is 5.96 Å². The maximum Gasteiger partial charge on any atom is 0.272 e. The Bertz CT molecular complexity index is 195. The van der Waals surface area contributed by atoms with Crippen molar-refractivity contribution in [3.8, 4) is 0 Å². The smallest absolute Gasteiger partial charge is 0.272 e. The lowest BCUT2D eigenvalue weighted by molar-refractivity contribution is -0.485. The number of nitrogens with one attached hydrogen (secondary N) is 1. The van der Waals surface area contributed by atoms with Crippen LogP contribution in [-0.4, -0.2) is 34.7 Å². The Hall–Kier alpha value is -0.980.